The second-order valence-corrected chi connectivity index (χ2v) is 1.92. The molecule has 0 aromatic heterocycles. The molecule has 0 saturated carbocycles. The highest BCUT2D eigenvalue weighted by atomic mass is 16.3. The van der Waals surface area contributed by atoms with Crippen LogP contribution in [0.2, 0.25) is 0 Å². The Balaban J connectivity index is 4.24. The van der Waals surface area contributed by atoms with Crippen LogP contribution in [0.1, 0.15) is 6.92 Å². The molecule has 0 bridgehead atoms. The average Bonchev–Trinajstić information content (AvgIpc) is 1.88. The van der Waals surface area contributed by atoms with Crippen LogP contribution in [0.15, 0.2) is 48.8 Å². The summed E-state index contributed by atoms with van der Waals surface area (Å²) in [5.74, 6) is 0.201. The summed E-state index contributed by atoms with van der Waals surface area (Å²) in [4.78, 5) is 0. The maximum Gasteiger partial charge on any atom is 0.115 e. The minimum absolute atomic E-state index is 0.201. The second-order valence-electron chi connectivity index (χ2n) is 1.92. The summed E-state index contributed by atoms with van der Waals surface area (Å²) in [6.07, 6.45) is 6.34. The van der Waals surface area contributed by atoms with Crippen molar-refractivity contribution in [2.24, 2.45) is 0 Å². The Hall–Kier alpha value is -1.24. The molecule has 10 heavy (non-hydrogen) atoms. The van der Waals surface area contributed by atoms with Crippen LogP contribution in [0.3, 0.4) is 0 Å². The lowest BCUT2D eigenvalue weighted by Gasteiger charge is -1.90. The highest BCUT2D eigenvalue weighted by Crippen LogP contribution is 1.99. The molecule has 0 aliphatic heterocycles. The number of aliphatic hydroxyl groups excluding tert-OH is 1. The fourth-order valence-corrected chi connectivity index (χ4v) is 0.461. The van der Waals surface area contributed by atoms with E-state index in [1.807, 2.05) is 6.92 Å². The molecule has 0 spiro atoms. The molecule has 0 fully saturated rings. The molecule has 1 heteroatoms. The fourth-order valence-electron chi connectivity index (χ4n) is 0.461. The largest absolute Gasteiger partial charge is 0.508 e. The zero-order chi connectivity index (χ0) is 7.98. The van der Waals surface area contributed by atoms with E-state index in [1.54, 1.807) is 12.2 Å². The van der Waals surface area contributed by atoms with Crippen LogP contribution in [0, 0.1) is 0 Å². The third kappa shape index (κ3) is 3.72. The van der Waals surface area contributed by atoms with Crippen molar-refractivity contribution in [1.82, 2.24) is 0 Å². The van der Waals surface area contributed by atoms with E-state index < -0.39 is 0 Å². The van der Waals surface area contributed by atoms with E-state index in [-0.39, 0.29) is 5.76 Å². The molecule has 1 nitrogen and oxygen atoms in total. The van der Waals surface area contributed by atoms with Gasteiger partial charge in [0.2, 0.25) is 0 Å². The number of aliphatic hydroxyl groups is 1. The maximum atomic E-state index is 9.02. The van der Waals surface area contributed by atoms with Gasteiger partial charge in [-0.3, -0.25) is 0 Å². The minimum Gasteiger partial charge on any atom is -0.508 e. The van der Waals surface area contributed by atoms with Crippen molar-refractivity contribution in [3.63, 3.8) is 0 Å². The molecule has 0 amide bonds. The smallest absolute Gasteiger partial charge is 0.115 e. The van der Waals surface area contributed by atoms with Gasteiger partial charge in [0.25, 0.3) is 0 Å². The van der Waals surface area contributed by atoms with Gasteiger partial charge < -0.3 is 5.11 Å². The van der Waals surface area contributed by atoms with Gasteiger partial charge in [-0.05, 0) is 24.6 Å². The van der Waals surface area contributed by atoms with Gasteiger partial charge in [0, 0.05) is 0 Å². The monoisotopic (exact) mass is 136 g/mol. The molecule has 0 aromatic rings. The predicted molar refractivity (Wildman–Crippen MR) is 44.9 cm³/mol. The summed E-state index contributed by atoms with van der Waals surface area (Å²) in [7, 11) is 0. The van der Waals surface area contributed by atoms with Gasteiger partial charge in [0.05, 0.1) is 0 Å². The van der Waals surface area contributed by atoms with Crippen LogP contribution in [0.4, 0.5) is 0 Å². The average molecular weight is 136 g/mol. The minimum atomic E-state index is 0.201. The van der Waals surface area contributed by atoms with Crippen molar-refractivity contribution in [1.29, 1.82) is 0 Å². The lowest BCUT2D eigenvalue weighted by atomic mass is 10.2. The van der Waals surface area contributed by atoms with Crippen molar-refractivity contribution in [3.8, 4) is 0 Å². The van der Waals surface area contributed by atoms with E-state index >= 15 is 0 Å². The summed E-state index contributed by atoms with van der Waals surface area (Å²) < 4.78 is 0. The zero-order valence-corrected chi connectivity index (χ0v) is 6.17. The Morgan fingerprint density at radius 1 is 1.40 bits per heavy atom. The number of hydrogen-bond acceptors (Lipinski definition) is 1. The summed E-state index contributed by atoms with van der Waals surface area (Å²) in [6, 6.07) is 0. The molecule has 0 aliphatic rings. The van der Waals surface area contributed by atoms with E-state index in [0.717, 1.165) is 5.57 Å². The van der Waals surface area contributed by atoms with Crippen LogP contribution in [-0.2, 0) is 0 Å². The Labute approximate surface area is 61.7 Å². The molecule has 54 valence electrons. The standard InChI is InChI=1S/C9H12O/c1-4-6-9(10)7-8(3)5-2/h4-7,10H,1-2H2,3H3/b8-7-,9-6+. The van der Waals surface area contributed by atoms with Gasteiger partial charge in [0.1, 0.15) is 5.76 Å². The van der Waals surface area contributed by atoms with E-state index in [9.17, 15) is 0 Å². The molecule has 0 unspecified atom stereocenters. The number of rotatable bonds is 3. The SMILES string of the molecule is C=C/C=C(O)\C=C(\C)C=C. The molecule has 0 radical (unpaired) electrons. The molecular weight excluding hydrogens is 124 g/mol. The van der Waals surface area contributed by atoms with Crippen LogP contribution < -0.4 is 0 Å². The van der Waals surface area contributed by atoms with Gasteiger partial charge in [0.15, 0.2) is 0 Å². The highest BCUT2D eigenvalue weighted by Gasteiger charge is 1.83. The molecule has 0 aliphatic carbocycles. The summed E-state index contributed by atoms with van der Waals surface area (Å²) in [5.41, 5.74) is 0.926. The lowest BCUT2D eigenvalue weighted by molar-refractivity contribution is 0.432. The van der Waals surface area contributed by atoms with Crippen molar-refractivity contribution in [2.75, 3.05) is 0 Å². The molecule has 0 rings (SSSR count). The quantitative estimate of drug-likeness (QED) is 0.467. The van der Waals surface area contributed by atoms with Crippen molar-refractivity contribution < 1.29 is 5.11 Å². The van der Waals surface area contributed by atoms with Crippen molar-refractivity contribution in [2.45, 2.75) is 6.92 Å². The van der Waals surface area contributed by atoms with Gasteiger partial charge in [-0.25, -0.2) is 0 Å². The molecule has 0 atom stereocenters. The van der Waals surface area contributed by atoms with E-state index in [4.69, 9.17) is 5.11 Å². The Morgan fingerprint density at radius 2 is 2.00 bits per heavy atom. The molecule has 0 saturated heterocycles. The summed E-state index contributed by atoms with van der Waals surface area (Å²) >= 11 is 0. The highest BCUT2D eigenvalue weighted by molar-refractivity contribution is 5.25. The van der Waals surface area contributed by atoms with Gasteiger partial charge >= 0.3 is 0 Å². The molecule has 0 aromatic carbocycles. The first-order valence-corrected chi connectivity index (χ1v) is 3.03. The number of hydrogen-bond donors (Lipinski definition) is 1. The first-order chi connectivity index (χ1) is 4.70. The van der Waals surface area contributed by atoms with Crippen molar-refractivity contribution in [3.05, 3.63) is 48.8 Å². The van der Waals surface area contributed by atoms with E-state index in [1.165, 1.54) is 12.2 Å². The molecule has 1 N–H and O–H groups in total. The lowest BCUT2D eigenvalue weighted by Crippen LogP contribution is -1.74. The van der Waals surface area contributed by atoms with Gasteiger partial charge in [-0.1, -0.05) is 25.3 Å². The first-order valence-electron chi connectivity index (χ1n) is 3.03. The molecule has 0 heterocycles. The second kappa shape index (κ2) is 4.62. The fraction of sp³-hybridized carbons (Fsp3) is 0.111. The normalized spacial score (nSPS) is 12.9. The van der Waals surface area contributed by atoms with Crippen LogP contribution in [-0.4, -0.2) is 5.11 Å². The van der Waals surface area contributed by atoms with Crippen molar-refractivity contribution >= 4 is 0 Å². The maximum absolute atomic E-state index is 9.02. The third-order valence-corrected chi connectivity index (χ3v) is 0.986. The summed E-state index contributed by atoms with van der Waals surface area (Å²) in [5, 5.41) is 9.02. The first kappa shape index (κ1) is 8.76. The Morgan fingerprint density at radius 3 is 2.40 bits per heavy atom. The van der Waals surface area contributed by atoms with E-state index in [0.29, 0.717) is 0 Å². The van der Waals surface area contributed by atoms with Crippen LogP contribution in [0.25, 0.3) is 0 Å². The summed E-state index contributed by atoms with van der Waals surface area (Å²) in [6.45, 7) is 8.84. The van der Waals surface area contributed by atoms with Crippen LogP contribution in [0.5, 0.6) is 0 Å². The topological polar surface area (TPSA) is 20.2 Å². The Kier molecular flexibility index (Phi) is 4.05. The Bertz CT molecular complexity index is 185. The van der Waals surface area contributed by atoms with Gasteiger partial charge in [-0.2, -0.15) is 0 Å². The predicted octanol–water partition coefficient (Wildman–Crippen LogP) is 2.75. The van der Waals surface area contributed by atoms with Gasteiger partial charge in [-0.15, -0.1) is 0 Å². The third-order valence-electron chi connectivity index (χ3n) is 0.986. The van der Waals surface area contributed by atoms with E-state index in [2.05, 4.69) is 13.2 Å². The molecular formula is C9H12O. The number of allylic oxidation sites excluding steroid dienone is 5. The van der Waals surface area contributed by atoms with Crippen LogP contribution >= 0.6 is 0 Å². The zero-order valence-electron chi connectivity index (χ0n) is 6.17.